The van der Waals surface area contributed by atoms with Crippen LogP contribution >= 0.6 is 11.8 Å². The second-order valence-electron chi connectivity index (χ2n) is 7.13. The van der Waals surface area contributed by atoms with E-state index in [4.69, 9.17) is 8.85 Å². The van der Waals surface area contributed by atoms with Crippen molar-refractivity contribution in [2.45, 2.75) is 74.7 Å². The van der Waals surface area contributed by atoms with Gasteiger partial charge in [-0.2, -0.15) is 0 Å². The van der Waals surface area contributed by atoms with Gasteiger partial charge in [0.2, 0.25) is 5.91 Å². The van der Waals surface area contributed by atoms with Gasteiger partial charge in [-0.25, -0.2) is 0 Å². The van der Waals surface area contributed by atoms with Gasteiger partial charge in [0.1, 0.15) is 29.9 Å². The van der Waals surface area contributed by atoms with E-state index in [0.717, 1.165) is 18.2 Å². The minimum atomic E-state index is -2.43. The third-order valence-electron chi connectivity index (χ3n) is 5.29. The molecule has 0 saturated carbocycles. The fraction of sp³-hybridized carbons (Fsp3) is 0.941. The number of likely N-dealkylation sites (tertiary alicyclic amines) is 1. The van der Waals surface area contributed by atoms with Gasteiger partial charge >= 0.3 is 0 Å². The van der Waals surface area contributed by atoms with Gasteiger partial charge in [0, 0.05) is 10.7 Å². The Balaban J connectivity index is 2.20. The zero-order valence-electron chi connectivity index (χ0n) is 18.3. The molecular weight excluding hydrogens is 360 g/mol. The number of likely N-dealkylation sites (N-methyl/N-ethyl adjacent to an activating group) is 1. The van der Waals surface area contributed by atoms with Crippen LogP contribution in [0.2, 0.25) is 0 Å². The fourth-order valence-corrected chi connectivity index (χ4v) is 4.25. The van der Waals surface area contributed by atoms with Crippen LogP contribution in [0.1, 0.15) is 30.8 Å². The first kappa shape index (κ1) is 17.7. The van der Waals surface area contributed by atoms with Crippen molar-refractivity contribution in [3.63, 3.8) is 0 Å². The molecule has 0 spiro atoms. The average molecular weight is 396 g/mol. The monoisotopic (exact) mass is 395 g/mol. The minimum absolute atomic E-state index is 0.0607. The predicted molar refractivity (Wildman–Crippen MR) is 98.6 cm³/mol. The van der Waals surface area contributed by atoms with Gasteiger partial charge in [-0.3, -0.25) is 9.69 Å². The lowest BCUT2D eigenvalue weighted by atomic mass is 9.92. The Kier molecular flexibility index (Phi) is 6.24. The summed E-state index contributed by atoms with van der Waals surface area (Å²) < 4.78 is 28.8. The van der Waals surface area contributed by atoms with Gasteiger partial charge in [-0.05, 0) is 32.5 Å². The molecule has 2 rings (SSSR count). The number of amides is 1. The first-order chi connectivity index (χ1) is 13.4. The van der Waals surface area contributed by atoms with Crippen LogP contribution in [0.4, 0.5) is 0 Å². The normalized spacial score (nSPS) is 43.2. The molecule has 9 heteroatoms. The number of hydrogen-bond acceptors (Lipinski definition) is 8. The first-order valence-electron chi connectivity index (χ1n) is 10.4. The molecule has 8 nitrogen and oxygen atoms in total. The number of nitrogens with one attached hydrogen (secondary N) is 1. The second-order valence-corrected chi connectivity index (χ2v) is 8.07. The summed E-state index contributed by atoms with van der Waals surface area (Å²) >= 11 is 1.12. The topological polar surface area (TPSA) is 122 Å². The van der Waals surface area contributed by atoms with Crippen molar-refractivity contribution < 1.29 is 34.1 Å². The maximum Gasteiger partial charge on any atom is 0.237 e. The summed E-state index contributed by atoms with van der Waals surface area (Å²) in [5, 5.41) is 43.4. The Bertz CT molecular complexity index is 568. The molecule has 26 heavy (non-hydrogen) atoms. The van der Waals surface area contributed by atoms with E-state index >= 15 is 0 Å². The molecule has 0 aromatic carbocycles. The standard InChI is InChI=1S/C17H32N2O6S/c1-5-9-6-10(19(3)7-9)16(24)18-11(8(2)20)15-13(22)12(21)14(23)17(25-15)26-4/h8-15,17,20-23H,5-7H2,1-4H3,(H,18,24)/t8-,9+,10-,11+,12-,13+,14+,15+,17+/m0/s1/i3D3. The van der Waals surface area contributed by atoms with Crippen LogP contribution in [-0.2, 0) is 9.53 Å². The molecule has 2 saturated heterocycles. The molecule has 2 heterocycles. The van der Waals surface area contributed by atoms with Crippen molar-refractivity contribution in [3.05, 3.63) is 0 Å². The van der Waals surface area contributed by atoms with Crippen molar-refractivity contribution >= 4 is 17.7 Å². The zero-order valence-corrected chi connectivity index (χ0v) is 16.1. The number of rotatable bonds is 6. The van der Waals surface area contributed by atoms with E-state index in [0.29, 0.717) is 6.42 Å². The average Bonchev–Trinajstić information content (AvgIpc) is 3.10. The van der Waals surface area contributed by atoms with E-state index in [1.54, 1.807) is 6.26 Å². The number of thioether (sulfide) groups is 1. The smallest absolute Gasteiger partial charge is 0.237 e. The van der Waals surface area contributed by atoms with Crippen molar-refractivity contribution in [1.29, 1.82) is 0 Å². The summed E-state index contributed by atoms with van der Waals surface area (Å²) in [4.78, 5) is 14.1. The van der Waals surface area contributed by atoms with Crippen LogP contribution in [0, 0.1) is 5.92 Å². The van der Waals surface area contributed by atoms with Gasteiger partial charge in [0.15, 0.2) is 0 Å². The fourth-order valence-electron chi connectivity index (χ4n) is 3.57. The summed E-state index contributed by atoms with van der Waals surface area (Å²) in [7, 11) is 0. The minimum Gasteiger partial charge on any atom is -0.391 e. The van der Waals surface area contributed by atoms with Gasteiger partial charge in [0.25, 0.3) is 0 Å². The van der Waals surface area contributed by atoms with Gasteiger partial charge in [-0.1, -0.05) is 13.3 Å². The molecule has 5 N–H and O–H groups in total. The van der Waals surface area contributed by atoms with E-state index in [9.17, 15) is 25.2 Å². The van der Waals surface area contributed by atoms with Crippen LogP contribution in [0.25, 0.3) is 0 Å². The third-order valence-corrected chi connectivity index (χ3v) is 6.14. The molecule has 0 aliphatic carbocycles. The van der Waals surface area contributed by atoms with E-state index in [2.05, 4.69) is 5.32 Å². The van der Waals surface area contributed by atoms with Crippen molar-refractivity contribution in [2.24, 2.45) is 5.92 Å². The number of aliphatic hydroxyl groups excluding tert-OH is 4. The lowest BCUT2D eigenvalue weighted by Crippen LogP contribution is -2.65. The molecular formula is C17H32N2O6S. The van der Waals surface area contributed by atoms with E-state index in [1.807, 2.05) is 6.92 Å². The van der Waals surface area contributed by atoms with E-state index < -0.39 is 60.9 Å². The van der Waals surface area contributed by atoms with Crippen LogP contribution in [0.3, 0.4) is 0 Å². The Labute approximate surface area is 163 Å². The largest absolute Gasteiger partial charge is 0.391 e. The molecule has 0 aromatic heterocycles. The molecule has 0 aromatic rings. The molecule has 152 valence electrons. The summed E-state index contributed by atoms with van der Waals surface area (Å²) in [6, 6.07) is -2.00. The lowest BCUT2D eigenvalue weighted by Gasteiger charge is -2.44. The van der Waals surface area contributed by atoms with E-state index in [-0.39, 0.29) is 12.5 Å². The number of ether oxygens (including phenoxy) is 1. The molecule has 0 radical (unpaired) electrons. The Hall–Kier alpha value is -0.420. The molecule has 2 aliphatic rings. The van der Waals surface area contributed by atoms with E-state index in [1.165, 1.54) is 11.8 Å². The maximum absolute atomic E-state index is 13.0. The Morgan fingerprint density at radius 1 is 1.38 bits per heavy atom. The number of hydrogen-bond donors (Lipinski definition) is 5. The molecule has 9 atom stereocenters. The second kappa shape index (κ2) is 9.18. The van der Waals surface area contributed by atoms with Gasteiger partial charge in [0.05, 0.1) is 18.2 Å². The highest BCUT2D eigenvalue weighted by molar-refractivity contribution is 7.99. The highest BCUT2D eigenvalue weighted by Crippen LogP contribution is 2.30. The summed E-state index contributed by atoms with van der Waals surface area (Å²) in [6.07, 6.45) is -3.96. The van der Waals surface area contributed by atoms with Crippen molar-refractivity contribution in [2.75, 3.05) is 19.8 Å². The quantitative estimate of drug-likeness (QED) is 0.378. The van der Waals surface area contributed by atoms with Crippen molar-refractivity contribution in [1.82, 2.24) is 10.2 Å². The molecule has 2 fully saturated rings. The van der Waals surface area contributed by atoms with Crippen LogP contribution in [-0.4, -0.2) is 99.0 Å². The van der Waals surface area contributed by atoms with Crippen molar-refractivity contribution in [3.8, 4) is 0 Å². The van der Waals surface area contributed by atoms with Crippen LogP contribution < -0.4 is 5.32 Å². The van der Waals surface area contributed by atoms with Gasteiger partial charge < -0.3 is 30.5 Å². The lowest BCUT2D eigenvalue weighted by molar-refractivity contribution is -0.211. The first-order valence-corrected chi connectivity index (χ1v) is 10.2. The predicted octanol–water partition coefficient (Wildman–Crippen LogP) is -1.25. The maximum atomic E-state index is 13.0. The number of aliphatic hydroxyl groups is 4. The Morgan fingerprint density at radius 3 is 2.62 bits per heavy atom. The number of carbonyl (C=O) groups is 1. The SMILES string of the molecule is [2H]C([2H])([2H])N1C[C@H](CC)C[C@H]1C(=O)N[C@@H]([C@H]1O[C@H](SC)[C@H](O)[C@@H](O)[C@H]1O)[C@H](C)O. The van der Waals surface area contributed by atoms with Gasteiger partial charge in [-0.15, -0.1) is 11.8 Å². The van der Waals surface area contributed by atoms with Crippen LogP contribution in [0.5, 0.6) is 0 Å². The third kappa shape index (κ3) is 4.52. The highest BCUT2D eigenvalue weighted by Gasteiger charge is 2.48. The molecule has 2 aliphatic heterocycles. The highest BCUT2D eigenvalue weighted by atomic mass is 32.2. The molecule has 0 unspecified atom stereocenters. The number of carbonyl (C=O) groups excluding carboxylic acids is 1. The zero-order chi connectivity index (χ0) is 22.1. The molecule has 1 amide bonds. The number of nitrogens with zero attached hydrogens (tertiary/aromatic N) is 1. The summed E-state index contributed by atoms with van der Waals surface area (Å²) in [5.41, 5.74) is -0.855. The summed E-state index contributed by atoms with van der Waals surface area (Å²) in [6.45, 7) is 1.17. The summed E-state index contributed by atoms with van der Waals surface area (Å²) in [5.74, 6) is -0.523. The molecule has 0 bridgehead atoms. The van der Waals surface area contributed by atoms with Crippen LogP contribution in [0.15, 0.2) is 0 Å². The Morgan fingerprint density at radius 2 is 2.08 bits per heavy atom.